The van der Waals surface area contributed by atoms with E-state index in [1.807, 2.05) is 0 Å². The van der Waals surface area contributed by atoms with E-state index in [9.17, 15) is 13.2 Å². The molecule has 0 amide bonds. The molecular weight excluding hydrogens is 247 g/mol. The summed E-state index contributed by atoms with van der Waals surface area (Å²) < 4.78 is 45.4. The second-order valence-corrected chi connectivity index (χ2v) is 3.19. The molecule has 0 saturated carbocycles. The molecule has 0 bridgehead atoms. The third-order valence-corrected chi connectivity index (χ3v) is 1.86. The van der Waals surface area contributed by atoms with Crippen molar-refractivity contribution in [3.05, 3.63) is 48.7 Å². The van der Waals surface area contributed by atoms with Crippen LogP contribution in [0.5, 0.6) is 17.4 Å². The van der Waals surface area contributed by atoms with Crippen LogP contribution in [0.1, 0.15) is 0 Å². The summed E-state index contributed by atoms with van der Waals surface area (Å²) in [5, 5.41) is 0. The molecule has 1 aromatic carbocycles. The molecule has 1 heterocycles. The predicted octanol–water partition coefficient (Wildman–Crippen LogP) is 3.57. The Morgan fingerprint density at radius 1 is 1.11 bits per heavy atom. The fourth-order valence-corrected chi connectivity index (χ4v) is 1.21. The number of halogens is 3. The summed E-state index contributed by atoms with van der Waals surface area (Å²) in [6, 6.07) is 11.8. The number of hydrogen-bond donors (Lipinski definition) is 0. The number of hydrogen-bond acceptors (Lipinski definition) is 3. The maximum absolute atomic E-state index is 12.1. The van der Waals surface area contributed by atoms with Crippen LogP contribution in [-0.2, 0) is 0 Å². The number of nitrogens with zero attached hydrogens (tertiary/aromatic N) is 1. The number of pyridine rings is 1. The molecule has 0 aliphatic carbocycles. The average molecular weight is 254 g/mol. The highest BCUT2D eigenvalue weighted by molar-refractivity contribution is 5.37. The number of alkyl halides is 3. The van der Waals surface area contributed by atoms with Gasteiger partial charge in [0.05, 0.1) is 0 Å². The lowest BCUT2D eigenvalue weighted by Gasteiger charge is -2.12. The Hall–Kier alpha value is -2.24. The molecule has 2 aromatic rings. The Kier molecular flexibility index (Phi) is 3.36. The molecule has 0 fully saturated rings. The van der Waals surface area contributed by atoms with Crippen LogP contribution in [-0.4, -0.2) is 11.3 Å². The summed E-state index contributed by atoms with van der Waals surface area (Å²) in [6.45, 7) is 0. The van der Waals surface area contributed by atoms with Gasteiger partial charge in [0.15, 0.2) is 5.75 Å². The Morgan fingerprint density at radius 2 is 1.83 bits per heavy atom. The molecular formula is C12H7F3NO2. The molecule has 0 saturated heterocycles. The van der Waals surface area contributed by atoms with Gasteiger partial charge in [0.25, 0.3) is 5.88 Å². The molecule has 0 N–H and O–H groups in total. The Labute approximate surface area is 101 Å². The zero-order valence-corrected chi connectivity index (χ0v) is 8.94. The number of rotatable bonds is 3. The van der Waals surface area contributed by atoms with Gasteiger partial charge in [0.2, 0.25) is 0 Å². The largest absolute Gasteiger partial charge is 0.574 e. The van der Waals surface area contributed by atoms with E-state index in [0.717, 1.165) is 0 Å². The molecule has 0 unspecified atom stereocenters. The first-order chi connectivity index (χ1) is 8.54. The van der Waals surface area contributed by atoms with Gasteiger partial charge in [-0.15, -0.1) is 13.2 Å². The van der Waals surface area contributed by atoms with E-state index in [2.05, 4.69) is 15.8 Å². The first kappa shape index (κ1) is 12.2. The van der Waals surface area contributed by atoms with Crippen molar-refractivity contribution in [1.82, 2.24) is 4.98 Å². The highest BCUT2D eigenvalue weighted by Crippen LogP contribution is 2.32. The van der Waals surface area contributed by atoms with Crippen molar-refractivity contribution in [3.63, 3.8) is 0 Å². The van der Waals surface area contributed by atoms with E-state index in [1.54, 1.807) is 24.3 Å². The van der Waals surface area contributed by atoms with Gasteiger partial charge < -0.3 is 9.47 Å². The van der Waals surface area contributed by atoms with Crippen LogP contribution in [0.3, 0.4) is 0 Å². The monoisotopic (exact) mass is 254 g/mol. The van der Waals surface area contributed by atoms with Gasteiger partial charge >= 0.3 is 6.36 Å². The summed E-state index contributed by atoms with van der Waals surface area (Å²) in [5.74, 6) is -0.368. The van der Waals surface area contributed by atoms with Crippen LogP contribution < -0.4 is 9.47 Å². The molecule has 2 rings (SSSR count). The first-order valence-corrected chi connectivity index (χ1v) is 4.89. The van der Waals surface area contributed by atoms with Gasteiger partial charge in [-0.3, -0.25) is 0 Å². The molecule has 0 spiro atoms. The van der Waals surface area contributed by atoms with Crippen molar-refractivity contribution in [1.29, 1.82) is 0 Å². The fraction of sp³-hybridized carbons (Fsp3) is 0.0833. The van der Waals surface area contributed by atoms with Crippen LogP contribution in [0.15, 0.2) is 42.6 Å². The lowest BCUT2D eigenvalue weighted by Crippen LogP contribution is -2.18. The minimum atomic E-state index is -4.81. The van der Waals surface area contributed by atoms with Crippen LogP contribution in [0.25, 0.3) is 0 Å². The van der Waals surface area contributed by atoms with Crippen molar-refractivity contribution in [2.75, 3.05) is 0 Å². The van der Waals surface area contributed by atoms with Crippen LogP contribution in [0.2, 0.25) is 0 Å². The number of aromatic nitrogens is 1. The van der Waals surface area contributed by atoms with E-state index in [4.69, 9.17) is 4.74 Å². The van der Waals surface area contributed by atoms with Crippen LogP contribution >= 0.6 is 0 Å². The van der Waals surface area contributed by atoms with E-state index in [-0.39, 0.29) is 5.75 Å². The molecule has 93 valence electrons. The van der Waals surface area contributed by atoms with Crippen molar-refractivity contribution in [2.45, 2.75) is 6.36 Å². The van der Waals surface area contributed by atoms with E-state index in [1.165, 1.54) is 18.3 Å². The molecule has 6 heteroatoms. The van der Waals surface area contributed by atoms with Crippen molar-refractivity contribution in [3.8, 4) is 17.4 Å². The molecule has 0 aliphatic heterocycles. The topological polar surface area (TPSA) is 31.4 Å². The molecule has 0 aliphatic rings. The molecule has 3 nitrogen and oxygen atoms in total. The summed E-state index contributed by atoms with van der Waals surface area (Å²) >= 11 is 0. The van der Waals surface area contributed by atoms with Crippen molar-refractivity contribution >= 4 is 0 Å². The lowest BCUT2D eigenvalue weighted by atomic mass is 10.3. The van der Waals surface area contributed by atoms with E-state index in [0.29, 0.717) is 5.75 Å². The van der Waals surface area contributed by atoms with Gasteiger partial charge in [-0.25, -0.2) is 4.98 Å². The molecule has 1 radical (unpaired) electrons. The zero-order valence-electron chi connectivity index (χ0n) is 8.94. The van der Waals surface area contributed by atoms with Crippen molar-refractivity contribution < 1.29 is 22.6 Å². The maximum atomic E-state index is 12.1. The third-order valence-electron chi connectivity index (χ3n) is 1.86. The maximum Gasteiger partial charge on any atom is 0.574 e. The smallest absolute Gasteiger partial charge is 0.452 e. The quantitative estimate of drug-likeness (QED) is 0.839. The van der Waals surface area contributed by atoms with Gasteiger partial charge in [0.1, 0.15) is 5.75 Å². The van der Waals surface area contributed by atoms with Crippen LogP contribution in [0.4, 0.5) is 13.2 Å². The summed E-state index contributed by atoms with van der Waals surface area (Å²) in [5.41, 5.74) is 0. The third kappa shape index (κ3) is 3.38. The minimum absolute atomic E-state index is 0.110. The SMILES string of the molecule is FC(F)(F)Oc1ncccc1Oc1cc[c]cc1. The van der Waals surface area contributed by atoms with E-state index >= 15 is 0 Å². The highest BCUT2D eigenvalue weighted by Gasteiger charge is 2.33. The van der Waals surface area contributed by atoms with Gasteiger partial charge in [-0.2, -0.15) is 0 Å². The van der Waals surface area contributed by atoms with Crippen molar-refractivity contribution in [2.24, 2.45) is 0 Å². The highest BCUT2D eigenvalue weighted by atomic mass is 19.4. The normalized spacial score (nSPS) is 11.1. The first-order valence-electron chi connectivity index (χ1n) is 4.89. The molecule has 18 heavy (non-hydrogen) atoms. The van der Waals surface area contributed by atoms with Gasteiger partial charge in [-0.05, 0) is 30.3 Å². The zero-order chi connectivity index (χ0) is 13.0. The van der Waals surface area contributed by atoms with Gasteiger partial charge in [-0.1, -0.05) is 12.1 Å². The lowest BCUT2D eigenvalue weighted by molar-refractivity contribution is -0.276. The molecule has 0 atom stereocenters. The number of benzene rings is 1. The predicted molar refractivity (Wildman–Crippen MR) is 56.3 cm³/mol. The Bertz CT molecular complexity index is 514. The molecule has 1 aromatic heterocycles. The number of ether oxygens (including phenoxy) is 2. The standard InChI is InChI=1S/C12H7F3NO2/c13-12(14,15)18-11-10(7-4-8-16-11)17-9-5-2-1-3-6-9/h2-8H. The van der Waals surface area contributed by atoms with Gasteiger partial charge in [0, 0.05) is 6.20 Å². The average Bonchev–Trinajstić information content (AvgIpc) is 2.31. The second-order valence-electron chi connectivity index (χ2n) is 3.19. The summed E-state index contributed by atoms with van der Waals surface area (Å²) in [7, 11) is 0. The summed E-state index contributed by atoms with van der Waals surface area (Å²) in [6.07, 6.45) is -3.62. The second kappa shape index (κ2) is 4.95. The Balaban J connectivity index is 2.23. The fourth-order valence-electron chi connectivity index (χ4n) is 1.21. The summed E-state index contributed by atoms with van der Waals surface area (Å²) in [4.78, 5) is 3.49. The minimum Gasteiger partial charge on any atom is -0.452 e. The Morgan fingerprint density at radius 3 is 2.50 bits per heavy atom. The van der Waals surface area contributed by atoms with E-state index < -0.39 is 12.2 Å². The van der Waals surface area contributed by atoms with Crippen LogP contribution in [0, 0.1) is 6.07 Å².